The SMILES string of the molecule is COC(=O)C1(C(N)c2cccc(OC)c2)CCC1. The molecule has 0 aromatic heterocycles. The Morgan fingerprint density at radius 2 is 2.11 bits per heavy atom. The molecule has 0 saturated heterocycles. The summed E-state index contributed by atoms with van der Waals surface area (Å²) >= 11 is 0. The lowest BCUT2D eigenvalue weighted by molar-refractivity contribution is -0.160. The number of esters is 1. The van der Waals surface area contributed by atoms with Gasteiger partial charge in [-0.05, 0) is 30.5 Å². The zero-order chi connectivity index (χ0) is 13.2. The van der Waals surface area contributed by atoms with Gasteiger partial charge in [-0.15, -0.1) is 0 Å². The van der Waals surface area contributed by atoms with Crippen molar-refractivity contribution in [3.8, 4) is 5.75 Å². The van der Waals surface area contributed by atoms with E-state index >= 15 is 0 Å². The van der Waals surface area contributed by atoms with Crippen LogP contribution in [-0.2, 0) is 9.53 Å². The highest BCUT2D eigenvalue weighted by molar-refractivity contribution is 5.79. The van der Waals surface area contributed by atoms with Crippen LogP contribution >= 0.6 is 0 Å². The maximum Gasteiger partial charge on any atom is 0.313 e. The van der Waals surface area contributed by atoms with Crippen LogP contribution in [-0.4, -0.2) is 20.2 Å². The molecule has 4 nitrogen and oxygen atoms in total. The lowest BCUT2D eigenvalue weighted by atomic mass is 9.62. The lowest BCUT2D eigenvalue weighted by Crippen LogP contribution is -2.47. The summed E-state index contributed by atoms with van der Waals surface area (Å²) in [6.45, 7) is 0. The minimum absolute atomic E-state index is 0.205. The molecule has 0 heterocycles. The van der Waals surface area contributed by atoms with Crippen LogP contribution in [0.2, 0.25) is 0 Å². The Hall–Kier alpha value is -1.55. The molecule has 0 amide bonds. The average molecular weight is 249 g/mol. The Morgan fingerprint density at radius 3 is 2.61 bits per heavy atom. The molecule has 0 aliphatic heterocycles. The third-order valence-electron chi connectivity index (χ3n) is 3.89. The first-order valence-electron chi connectivity index (χ1n) is 6.12. The highest BCUT2D eigenvalue weighted by Crippen LogP contribution is 2.50. The van der Waals surface area contributed by atoms with Gasteiger partial charge < -0.3 is 15.2 Å². The zero-order valence-corrected chi connectivity index (χ0v) is 10.8. The third kappa shape index (κ3) is 1.97. The van der Waals surface area contributed by atoms with Crippen LogP contribution in [0.4, 0.5) is 0 Å². The predicted molar refractivity (Wildman–Crippen MR) is 68.2 cm³/mol. The van der Waals surface area contributed by atoms with E-state index in [4.69, 9.17) is 15.2 Å². The molecule has 98 valence electrons. The van der Waals surface area contributed by atoms with Crippen molar-refractivity contribution in [3.05, 3.63) is 29.8 Å². The molecule has 0 spiro atoms. The van der Waals surface area contributed by atoms with Gasteiger partial charge in [0.05, 0.1) is 19.6 Å². The van der Waals surface area contributed by atoms with Crippen LogP contribution in [0, 0.1) is 5.41 Å². The first-order chi connectivity index (χ1) is 8.64. The number of hydrogen-bond donors (Lipinski definition) is 1. The zero-order valence-electron chi connectivity index (χ0n) is 10.8. The fourth-order valence-electron chi connectivity index (χ4n) is 2.56. The second-order valence-corrected chi connectivity index (χ2v) is 4.76. The van der Waals surface area contributed by atoms with E-state index in [1.54, 1.807) is 7.11 Å². The summed E-state index contributed by atoms with van der Waals surface area (Å²) in [5, 5.41) is 0. The number of ether oxygens (including phenoxy) is 2. The molecule has 1 atom stereocenters. The van der Waals surface area contributed by atoms with Crippen LogP contribution < -0.4 is 10.5 Å². The summed E-state index contributed by atoms with van der Waals surface area (Å²) in [5.74, 6) is 0.548. The molecule has 18 heavy (non-hydrogen) atoms. The molecule has 1 aliphatic carbocycles. The fourth-order valence-corrected chi connectivity index (χ4v) is 2.56. The highest BCUT2D eigenvalue weighted by Gasteiger charge is 2.50. The van der Waals surface area contributed by atoms with Crippen molar-refractivity contribution in [1.82, 2.24) is 0 Å². The molecule has 2 N–H and O–H groups in total. The van der Waals surface area contributed by atoms with Crippen molar-refractivity contribution >= 4 is 5.97 Å². The number of carbonyl (C=O) groups excluding carboxylic acids is 1. The van der Waals surface area contributed by atoms with E-state index in [1.165, 1.54) is 7.11 Å². The normalized spacial score (nSPS) is 18.6. The summed E-state index contributed by atoms with van der Waals surface area (Å²) in [6.07, 6.45) is 2.60. The summed E-state index contributed by atoms with van der Waals surface area (Å²) < 4.78 is 10.1. The molecule has 1 saturated carbocycles. The number of carbonyl (C=O) groups is 1. The Labute approximate surface area is 107 Å². The molecule has 1 aliphatic rings. The minimum atomic E-state index is -0.554. The van der Waals surface area contributed by atoms with Crippen LogP contribution in [0.15, 0.2) is 24.3 Å². The fraction of sp³-hybridized carbons (Fsp3) is 0.500. The van der Waals surface area contributed by atoms with Gasteiger partial charge in [-0.3, -0.25) is 4.79 Å². The van der Waals surface area contributed by atoms with Gasteiger partial charge in [0.2, 0.25) is 0 Å². The van der Waals surface area contributed by atoms with Crippen LogP contribution in [0.1, 0.15) is 30.9 Å². The van der Waals surface area contributed by atoms with E-state index in [9.17, 15) is 4.79 Å². The Balaban J connectivity index is 2.28. The molecular formula is C14H19NO3. The topological polar surface area (TPSA) is 61.5 Å². The number of hydrogen-bond acceptors (Lipinski definition) is 4. The van der Waals surface area contributed by atoms with Crippen molar-refractivity contribution in [2.24, 2.45) is 11.1 Å². The van der Waals surface area contributed by atoms with Gasteiger partial charge in [0, 0.05) is 6.04 Å². The third-order valence-corrected chi connectivity index (χ3v) is 3.89. The average Bonchev–Trinajstić information content (AvgIpc) is 2.37. The second-order valence-electron chi connectivity index (χ2n) is 4.76. The summed E-state index contributed by atoms with van der Waals surface area (Å²) in [5.41, 5.74) is 6.64. The molecule has 0 bridgehead atoms. The first-order valence-corrected chi connectivity index (χ1v) is 6.12. The van der Waals surface area contributed by atoms with Crippen LogP contribution in [0.3, 0.4) is 0 Å². The standard InChI is InChI=1S/C14H19NO3/c1-17-11-6-3-5-10(9-11)12(15)14(7-4-8-14)13(16)18-2/h3,5-6,9,12H,4,7-8,15H2,1-2H3. The van der Waals surface area contributed by atoms with Gasteiger partial charge in [-0.25, -0.2) is 0 Å². The first kappa shape index (κ1) is 12.9. The number of rotatable bonds is 4. The smallest absolute Gasteiger partial charge is 0.313 e. The van der Waals surface area contributed by atoms with Gasteiger partial charge in [0.25, 0.3) is 0 Å². The molecule has 4 heteroatoms. The molecule has 1 unspecified atom stereocenters. The van der Waals surface area contributed by atoms with Crippen molar-refractivity contribution in [2.45, 2.75) is 25.3 Å². The van der Waals surface area contributed by atoms with Gasteiger partial charge in [0.1, 0.15) is 5.75 Å². The summed E-state index contributed by atoms with van der Waals surface area (Å²) in [6, 6.07) is 7.22. The Morgan fingerprint density at radius 1 is 1.39 bits per heavy atom. The quantitative estimate of drug-likeness (QED) is 0.829. The summed E-state index contributed by atoms with van der Waals surface area (Å²) in [4.78, 5) is 12.0. The maximum atomic E-state index is 12.0. The van der Waals surface area contributed by atoms with Crippen LogP contribution in [0.25, 0.3) is 0 Å². The maximum absolute atomic E-state index is 12.0. The Kier molecular flexibility index (Phi) is 3.57. The number of nitrogens with two attached hydrogens (primary N) is 1. The second kappa shape index (κ2) is 4.98. The van der Waals surface area contributed by atoms with Gasteiger partial charge in [-0.1, -0.05) is 18.6 Å². The van der Waals surface area contributed by atoms with Crippen molar-refractivity contribution in [3.63, 3.8) is 0 Å². The van der Waals surface area contributed by atoms with E-state index in [2.05, 4.69) is 0 Å². The molecule has 1 aromatic carbocycles. The molecule has 0 radical (unpaired) electrons. The van der Waals surface area contributed by atoms with Gasteiger partial charge >= 0.3 is 5.97 Å². The molecule has 2 rings (SSSR count). The Bertz CT molecular complexity index is 440. The summed E-state index contributed by atoms with van der Waals surface area (Å²) in [7, 11) is 3.03. The monoisotopic (exact) mass is 249 g/mol. The van der Waals surface area contributed by atoms with Crippen molar-refractivity contribution < 1.29 is 14.3 Å². The minimum Gasteiger partial charge on any atom is -0.497 e. The molecular weight excluding hydrogens is 230 g/mol. The highest BCUT2D eigenvalue weighted by atomic mass is 16.5. The van der Waals surface area contributed by atoms with Crippen LogP contribution in [0.5, 0.6) is 5.75 Å². The number of benzene rings is 1. The lowest BCUT2D eigenvalue weighted by Gasteiger charge is -2.43. The van der Waals surface area contributed by atoms with E-state index in [1.807, 2.05) is 24.3 Å². The van der Waals surface area contributed by atoms with Crippen molar-refractivity contribution in [2.75, 3.05) is 14.2 Å². The van der Waals surface area contributed by atoms with Gasteiger partial charge in [-0.2, -0.15) is 0 Å². The van der Waals surface area contributed by atoms with E-state index in [0.717, 1.165) is 30.6 Å². The van der Waals surface area contributed by atoms with Gasteiger partial charge in [0.15, 0.2) is 0 Å². The van der Waals surface area contributed by atoms with E-state index in [-0.39, 0.29) is 12.0 Å². The number of methoxy groups -OCH3 is 2. The predicted octanol–water partition coefficient (Wildman–Crippen LogP) is 2.04. The molecule has 1 aromatic rings. The largest absolute Gasteiger partial charge is 0.497 e. The van der Waals surface area contributed by atoms with E-state index in [0.29, 0.717) is 0 Å². The van der Waals surface area contributed by atoms with Crippen molar-refractivity contribution in [1.29, 1.82) is 0 Å². The molecule has 1 fully saturated rings. The van der Waals surface area contributed by atoms with E-state index < -0.39 is 5.41 Å².